The van der Waals surface area contributed by atoms with E-state index in [2.05, 4.69) is 4.90 Å². The second-order valence-electron chi connectivity index (χ2n) is 4.78. The second-order valence-corrected chi connectivity index (χ2v) is 4.78. The summed E-state index contributed by atoms with van der Waals surface area (Å²) in [5.41, 5.74) is 0. The SMILES string of the molecule is O=COC1C2CC3CC(C2)CN1C3. The van der Waals surface area contributed by atoms with Crippen LogP contribution < -0.4 is 0 Å². The van der Waals surface area contributed by atoms with Gasteiger partial charge in [-0.25, -0.2) is 0 Å². The van der Waals surface area contributed by atoms with Gasteiger partial charge in [0.1, 0.15) is 0 Å². The van der Waals surface area contributed by atoms with Gasteiger partial charge in [0.2, 0.25) is 0 Å². The van der Waals surface area contributed by atoms with Crippen LogP contribution in [0.2, 0.25) is 0 Å². The molecule has 1 saturated carbocycles. The molecular formula is C10H15NO2. The molecule has 72 valence electrons. The molecular weight excluding hydrogens is 166 g/mol. The Bertz CT molecular complexity index is 201. The molecule has 3 nitrogen and oxygen atoms in total. The first-order chi connectivity index (χ1) is 6.36. The van der Waals surface area contributed by atoms with E-state index in [1.807, 2.05) is 0 Å². The largest absolute Gasteiger partial charge is 0.448 e. The first-order valence-corrected chi connectivity index (χ1v) is 5.20. The lowest BCUT2D eigenvalue weighted by atomic mass is 9.67. The fraction of sp³-hybridized carbons (Fsp3) is 0.900. The Balaban J connectivity index is 1.81. The van der Waals surface area contributed by atoms with Crippen molar-refractivity contribution in [1.29, 1.82) is 0 Å². The van der Waals surface area contributed by atoms with Crippen molar-refractivity contribution in [3.63, 3.8) is 0 Å². The first kappa shape index (κ1) is 7.80. The highest BCUT2D eigenvalue weighted by Gasteiger charge is 2.47. The van der Waals surface area contributed by atoms with Gasteiger partial charge >= 0.3 is 0 Å². The Morgan fingerprint density at radius 1 is 1.15 bits per heavy atom. The van der Waals surface area contributed by atoms with E-state index in [0.717, 1.165) is 24.9 Å². The van der Waals surface area contributed by atoms with Crippen LogP contribution in [-0.2, 0) is 9.53 Å². The van der Waals surface area contributed by atoms with Crippen LogP contribution >= 0.6 is 0 Å². The second kappa shape index (κ2) is 2.71. The summed E-state index contributed by atoms with van der Waals surface area (Å²) in [6.45, 7) is 2.93. The summed E-state index contributed by atoms with van der Waals surface area (Å²) in [5.74, 6) is 2.42. The van der Waals surface area contributed by atoms with E-state index in [0.29, 0.717) is 12.4 Å². The molecule has 0 aromatic carbocycles. The summed E-state index contributed by atoms with van der Waals surface area (Å²) in [6, 6.07) is 0. The molecule has 4 aliphatic rings. The maximum Gasteiger partial charge on any atom is 0.294 e. The monoisotopic (exact) mass is 181 g/mol. The average molecular weight is 181 g/mol. The van der Waals surface area contributed by atoms with Gasteiger partial charge in [-0.2, -0.15) is 0 Å². The Morgan fingerprint density at radius 3 is 2.38 bits per heavy atom. The third-order valence-corrected chi connectivity index (χ3v) is 3.88. The van der Waals surface area contributed by atoms with E-state index in [1.165, 1.54) is 19.3 Å². The molecule has 0 spiro atoms. The summed E-state index contributed by atoms with van der Waals surface area (Å²) in [4.78, 5) is 12.7. The standard InChI is InChI=1S/C10H15NO2/c12-6-13-10-9-2-7-1-8(3-9)5-11(10)4-7/h6-10H,1-5H2. The molecule has 3 aliphatic heterocycles. The van der Waals surface area contributed by atoms with Crippen molar-refractivity contribution < 1.29 is 9.53 Å². The average Bonchev–Trinajstić information content (AvgIpc) is 2.10. The van der Waals surface area contributed by atoms with E-state index >= 15 is 0 Å². The molecule has 3 saturated heterocycles. The minimum atomic E-state index is 0.116. The van der Waals surface area contributed by atoms with Gasteiger partial charge in [0.25, 0.3) is 6.47 Å². The van der Waals surface area contributed by atoms with Gasteiger partial charge in [-0.3, -0.25) is 9.69 Å². The molecule has 4 fully saturated rings. The van der Waals surface area contributed by atoms with E-state index in [-0.39, 0.29) is 6.23 Å². The molecule has 0 amide bonds. The Hall–Kier alpha value is -0.570. The van der Waals surface area contributed by atoms with Gasteiger partial charge in [-0.15, -0.1) is 0 Å². The minimum absolute atomic E-state index is 0.116. The number of hydrogen-bond donors (Lipinski definition) is 0. The van der Waals surface area contributed by atoms with Crippen LogP contribution in [0.25, 0.3) is 0 Å². The lowest BCUT2D eigenvalue weighted by Crippen LogP contribution is -2.59. The van der Waals surface area contributed by atoms with Crippen molar-refractivity contribution in [2.75, 3.05) is 13.1 Å². The fourth-order valence-corrected chi connectivity index (χ4v) is 3.65. The van der Waals surface area contributed by atoms with E-state index in [1.54, 1.807) is 0 Å². The summed E-state index contributed by atoms with van der Waals surface area (Å²) < 4.78 is 5.16. The highest BCUT2D eigenvalue weighted by molar-refractivity contribution is 5.37. The van der Waals surface area contributed by atoms with Crippen LogP contribution in [0.4, 0.5) is 0 Å². The normalized spacial score (nSPS) is 52.2. The molecule has 13 heavy (non-hydrogen) atoms. The number of piperidine rings is 3. The quantitative estimate of drug-likeness (QED) is 0.591. The van der Waals surface area contributed by atoms with Gasteiger partial charge in [0.15, 0.2) is 6.23 Å². The van der Waals surface area contributed by atoms with Crippen molar-refractivity contribution in [2.45, 2.75) is 25.5 Å². The molecule has 1 aliphatic carbocycles. The van der Waals surface area contributed by atoms with Crippen LogP contribution in [0.5, 0.6) is 0 Å². The molecule has 3 heterocycles. The van der Waals surface area contributed by atoms with Gasteiger partial charge in [0.05, 0.1) is 0 Å². The summed E-state index contributed by atoms with van der Waals surface area (Å²) >= 11 is 0. The Kier molecular flexibility index (Phi) is 1.62. The van der Waals surface area contributed by atoms with Crippen LogP contribution in [0, 0.1) is 17.8 Å². The van der Waals surface area contributed by atoms with Crippen LogP contribution in [0.3, 0.4) is 0 Å². The van der Waals surface area contributed by atoms with Gasteiger partial charge < -0.3 is 4.74 Å². The molecule has 0 aromatic rings. The molecule has 4 bridgehead atoms. The Morgan fingerprint density at radius 2 is 1.85 bits per heavy atom. The fourth-order valence-electron chi connectivity index (χ4n) is 3.65. The van der Waals surface area contributed by atoms with Crippen molar-refractivity contribution in [1.82, 2.24) is 4.90 Å². The van der Waals surface area contributed by atoms with E-state index < -0.39 is 0 Å². The molecule has 0 aromatic heterocycles. The zero-order valence-corrected chi connectivity index (χ0v) is 7.69. The minimum Gasteiger partial charge on any atom is -0.448 e. The molecule has 0 radical (unpaired) electrons. The third kappa shape index (κ3) is 1.10. The third-order valence-electron chi connectivity index (χ3n) is 3.88. The topological polar surface area (TPSA) is 29.5 Å². The molecule has 3 atom stereocenters. The number of hydrogen-bond acceptors (Lipinski definition) is 3. The van der Waals surface area contributed by atoms with Crippen molar-refractivity contribution in [2.24, 2.45) is 17.8 Å². The lowest BCUT2D eigenvalue weighted by molar-refractivity contribution is -0.184. The van der Waals surface area contributed by atoms with Crippen molar-refractivity contribution >= 4 is 6.47 Å². The zero-order valence-electron chi connectivity index (χ0n) is 7.69. The number of carbonyl (C=O) groups is 1. The van der Waals surface area contributed by atoms with Crippen LogP contribution in [0.1, 0.15) is 19.3 Å². The maximum atomic E-state index is 10.3. The van der Waals surface area contributed by atoms with Crippen molar-refractivity contribution in [3.05, 3.63) is 0 Å². The van der Waals surface area contributed by atoms with Gasteiger partial charge in [0, 0.05) is 19.0 Å². The van der Waals surface area contributed by atoms with Crippen LogP contribution in [-0.4, -0.2) is 30.7 Å². The first-order valence-electron chi connectivity index (χ1n) is 5.20. The lowest BCUT2D eigenvalue weighted by Gasteiger charge is -2.54. The maximum absolute atomic E-state index is 10.3. The van der Waals surface area contributed by atoms with E-state index in [9.17, 15) is 4.79 Å². The van der Waals surface area contributed by atoms with Crippen LogP contribution in [0.15, 0.2) is 0 Å². The predicted octanol–water partition coefficient (Wildman–Crippen LogP) is 0.847. The van der Waals surface area contributed by atoms with Gasteiger partial charge in [-0.1, -0.05) is 0 Å². The number of ether oxygens (including phenoxy) is 1. The van der Waals surface area contributed by atoms with Crippen molar-refractivity contribution in [3.8, 4) is 0 Å². The predicted molar refractivity (Wildman–Crippen MR) is 46.8 cm³/mol. The molecule has 0 N–H and O–H groups in total. The zero-order chi connectivity index (χ0) is 8.84. The number of carbonyl (C=O) groups excluding carboxylic acids is 1. The number of nitrogens with zero attached hydrogens (tertiary/aromatic N) is 1. The summed E-state index contributed by atoms with van der Waals surface area (Å²) in [6.07, 6.45) is 4.10. The summed E-state index contributed by atoms with van der Waals surface area (Å²) in [7, 11) is 0. The smallest absolute Gasteiger partial charge is 0.294 e. The van der Waals surface area contributed by atoms with E-state index in [4.69, 9.17) is 4.74 Å². The Labute approximate surface area is 78.0 Å². The molecule has 3 unspecified atom stereocenters. The highest BCUT2D eigenvalue weighted by atomic mass is 16.5. The highest BCUT2D eigenvalue weighted by Crippen LogP contribution is 2.46. The van der Waals surface area contributed by atoms with Gasteiger partial charge in [-0.05, 0) is 31.1 Å². The molecule has 4 rings (SSSR count). The molecule has 3 heteroatoms. The number of rotatable bonds is 2. The summed E-state index contributed by atoms with van der Waals surface area (Å²) in [5, 5.41) is 0.